The van der Waals surface area contributed by atoms with E-state index in [1.54, 1.807) is 5.56 Å². The van der Waals surface area contributed by atoms with E-state index in [1.807, 2.05) is 20.8 Å². The molecule has 138 valence electrons. The molecule has 2 saturated carbocycles. The van der Waals surface area contributed by atoms with Crippen molar-refractivity contribution in [3.63, 3.8) is 0 Å². The summed E-state index contributed by atoms with van der Waals surface area (Å²) >= 11 is 0. The van der Waals surface area contributed by atoms with Crippen LogP contribution in [0.25, 0.3) is 10.9 Å². The Kier molecular flexibility index (Phi) is 3.39. The van der Waals surface area contributed by atoms with Crippen molar-refractivity contribution in [2.75, 3.05) is 0 Å². The van der Waals surface area contributed by atoms with Crippen LogP contribution in [0.2, 0.25) is 0 Å². The summed E-state index contributed by atoms with van der Waals surface area (Å²) < 4.78 is 8.08. The number of hydrogen-bond donors (Lipinski definition) is 0. The van der Waals surface area contributed by atoms with E-state index in [4.69, 9.17) is 4.74 Å². The molecule has 1 aromatic carbocycles. The topological polar surface area (TPSA) is 31.2 Å². The minimum Gasteiger partial charge on any atom is -0.460 e. The molecule has 5 atom stereocenters. The molecular weight excluding hydrogens is 322 g/mol. The van der Waals surface area contributed by atoms with Crippen LogP contribution in [-0.2, 0) is 16.6 Å². The Morgan fingerprint density at radius 1 is 1.19 bits per heavy atom. The first kappa shape index (κ1) is 16.4. The van der Waals surface area contributed by atoms with E-state index in [1.165, 1.54) is 35.9 Å². The highest BCUT2D eigenvalue weighted by Gasteiger charge is 2.57. The number of para-hydroxylation sites is 1. The van der Waals surface area contributed by atoms with Crippen LogP contribution in [0.5, 0.6) is 0 Å². The molecule has 0 unspecified atom stereocenters. The lowest BCUT2D eigenvalue weighted by Gasteiger charge is -2.30. The van der Waals surface area contributed by atoms with Gasteiger partial charge >= 0.3 is 5.97 Å². The van der Waals surface area contributed by atoms with E-state index in [-0.39, 0.29) is 5.97 Å². The van der Waals surface area contributed by atoms with Gasteiger partial charge in [0, 0.05) is 29.6 Å². The standard InChI is InChI=1S/C23H29NO2/c1-23(2,3)26-18(25)12-16-19-13-9-10-14(11-13)20(19)21-15-7-5-6-8-17(15)24(4)22(16)21/h5-8,13-14,16,19-20H,9-12H2,1-4H3/t13-,14+,16-,19-,20-/m0/s1. The normalized spacial score (nSPS) is 32.1. The van der Waals surface area contributed by atoms with Gasteiger partial charge in [-0.3, -0.25) is 4.79 Å². The fourth-order valence-electron chi connectivity index (χ4n) is 6.56. The van der Waals surface area contributed by atoms with Gasteiger partial charge in [-0.2, -0.15) is 0 Å². The molecule has 26 heavy (non-hydrogen) atoms. The molecule has 2 bridgehead atoms. The van der Waals surface area contributed by atoms with Gasteiger partial charge in [-0.25, -0.2) is 0 Å². The van der Waals surface area contributed by atoms with Crippen molar-refractivity contribution in [1.82, 2.24) is 4.57 Å². The van der Waals surface area contributed by atoms with Crippen molar-refractivity contribution < 1.29 is 9.53 Å². The highest BCUT2D eigenvalue weighted by molar-refractivity contribution is 5.88. The number of carbonyl (C=O) groups is 1. The maximum atomic E-state index is 12.7. The second kappa shape index (κ2) is 5.37. The van der Waals surface area contributed by atoms with Gasteiger partial charge in [-0.15, -0.1) is 0 Å². The molecule has 2 fully saturated rings. The van der Waals surface area contributed by atoms with E-state index in [2.05, 4.69) is 35.9 Å². The zero-order valence-electron chi connectivity index (χ0n) is 16.3. The number of carbonyl (C=O) groups excluding carboxylic acids is 1. The summed E-state index contributed by atoms with van der Waals surface area (Å²) in [6.45, 7) is 5.88. The summed E-state index contributed by atoms with van der Waals surface area (Å²) in [4.78, 5) is 12.7. The predicted molar refractivity (Wildman–Crippen MR) is 103 cm³/mol. The molecule has 2 aromatic rings. The molecule has 1 heterocycles. The Hall–Kier alpha value is -1.77. The Morgan fingerprint density at radius 2 is 1.92 bits per heavy atom. The van der Waals surface area contributed by atoms with Crippen LogP contribution >= 0.6 is 0 Å². The zero-order chi connectivity index (χ0) is 18.2. The van der Waals surface area contributed by atoms with Gasteiger partial charge in [0.15, 0.2) is 0 Å². The molecule has 3 aliphatic rings. The number of fused-ring (bicyclic) bond motifs is 9. The van der Waals surface area contributed by atoms with Crippen LogP contribution in [0, 0.1) is 17.8 Å². The Morgan fingerprint density at radius 3 is 2.69 bits per heavy atom. The molecule has 3 nitrogen and oxygen atoms in total. The van der Waals surface area contributed by atoms with Crippen molar-refractivity contribution in [2.45, 2.75) is 63.9 Å². The van der Waals surface area contributed by atoms with Crippen molar-refractivity contribution in [1.29, 1.82) is 0 Å². The number of nitrogens with zero attached hydrogens (tertiary/aromatic N) is 1. The van der Waals surface area contributed by atoms with Crippen LogP contribution < -0.4 is 0 Å². The van der Waals surface area contributed by atoms with Crippen LogP contribution in [0.15, 0.2) is 24.3 Å². The van der Waals surface area contributed by atoms with Gasteiger partial charge in [0.1, 0.15) is 5.60 Å². The largest absolute Gasteiger partial charge is 0.460 e. The first-order valence-electron chi connectivity index (χ1n) is 10.1. The van der Waals surface area contributed by atoms with Gasteiger partial charge in [-0.1, -0.05) is 18.2 Å². The number of esters is 1. The van der Waals surface area contributed by atoms with Crippen molar-refractivity contribution in [3.05, 3.63) is 35.5 Å². The molecule has 0 aliphatic heterocycles. The highest BCUT2D eigenvalue weighted by Crippen LogP contribution is 2.67. The smallest absolute Gasteiger partial charge is 0.306 e. The molecular formula is C23H29NO2. The number of hydrogen-bond acceptors (Lipinski definition) is 2. The average Bonchev–Trinajstić information content (AvgIpc) is 3.28. The number of aromatic nitrogens is 1. The van der Waals surface area contributed by atoms with Gasteiger partial charge in [0.05, 0.1) is 6.42 Å². The number of benzene rings is 1. The van der Waals surface area contributed by atoms with Crippen LogP contribution in [-0.4, -0.2) is 16.1 Å². The van der Waals surface area contributed by atoms with Gasteiger partial charge < -0.3 is 9.30 Å². The van der Waals surface area contributed by atoms with E-state index in [9.17, 15) is 4.79 Å². The van der Waals surface area contributed by atoms with Crippen LogP contribution in [0.3, 0.4) is 0 Å². The number of rotatable bonds is 2. The first-order valence-corrected chi connectivity index (χ1v) is 10.1. The minimum atomic E-state index is -0.411. The maximum Gasteiger partial charge on any atom is 0.306 e. The molecule has 0 amide bonds. The second-order valence-electron chi connectivity index (χ2n) is 9.71. The quantitative estimate of drug-likeness (QED) is 0.702. The Bertz CT molecular complexity index is 887. The summed E-state index contributed by atoms with van der Waals surface area (Å²) in [5.41, 5.74) is 3.89. The monoisotopic (exact) mass is 351 g/mol. The van der Waals surface area contributed by atoms with Gasteiger partial charge in [0.2, 0.25) is 0 Å². The summed E-state index contributed by atoms with van der Waals surface area (Å²) in [6, 6.07) is 8.79. The molecule has 0 spiro atoms. The van der Waals surface area contributed by atoms with Gasteiger partial charge in [-0.05, 0) is 75.3 Å². The predicted octanol–water partition coefficient (Wildman–Crippen LogP) is 5.14. The zero-order valence-corrected chi connectivity index (χ0v) is 16.3. The van der Waals surface area contributed by atoms with E-state index in [0.717, 1.165) is 11.8 Å². The van der Waals surface area contributed by atoms with E-state index < -0.39 is 5.60 Å². The molecule has 0 radical (unpaired) electrons. The fourth-order valence-corrected chi connectivity index (χ4v) is 6.56. The van der Waals surface area contributed by atoms with Crippen molar-refractivity contribution >= 4 is 16.9 Å². The third-order valence-corrected chi connectivity index (χ3v) is 7.13. The molecule has 1 aromatic heterocycles. The Labute approximate surface area is 155 Å². The first-order chi connectivity index (χ1) is 12.3. The number of aryl methyl sites for hydroxylation is 1. The summed E-state index contributed by atoms with van der Waals surface area (Å²) in [5.74, 6) is 3.19. The average molecular weight is 351 g/mol. The second-order valence-corrected chi connectivity index (χ2v) is 9.71. The van der Waals surface area contributed by atoms with Crippen molar-refractivity contribution in [2.24, 2.45) is 24.8 Å². The van der Waals surface area contributed by atoms with Gasteiger partial charge in [0.25, 0.3) is 0 Å². The summed E-state index contributed by atoms with van der Waals surface area (Å²) in [7, 11) is 2.19. The summed E-state index contributed by atoms with van der Waals surface area (Å²) in [5, 5.41) is 1.42. The molecule has 5 rings (SSSR count). The third kappa shape index (κ3) is 2.22. The third-order valence-electron chi connectivity index (χ3n) is 7.13. The lowest BCUT2D eigenvalue weighted by atomic mass is 9.75. The van der Waals surface area contributed by atoms with Crippen LogP contribution in [0.1, 0.15) is 69.5 Å². The fraction of sp³-hybridized carbons (Fsp3) is 0.609. The SMILES string of the molecule is Cn1c2c(c3ccccc31)[C@H]1[C@@H]3CC[C@@H](C3)[C@H]1[C@@H]2CC(=O)OC(C)(C)C. The highest BCUT2D eigenvalue weighted by atomic mass is 16.6. The lowest BCUT2D eigenvalue weighted by molar-refractivity contribution is -0.155. The van der Waals surface area contributed by atoms with Crippen molar-refractivity contribution in [3.8, 4) is 0 Å². The van der Waals surface area contributed by atoms with E-state index >= 15 is 0 Å². The molecule has 3 aliphatic carbocycles. The Balaban J connectivity index is 1.61. The number of ether oxygens (including phenoxy) is 1. The molecule has 0 saturated heterocycles. The minimum absolute atomic E-state index is 0.0397. The maximum absolute atomic E-state index is 12.7. The van der Waals surface area contributed by atoms with Crippen LogP contribution in [0.4, 0.5) is 0 Å². The van der Waals surface area contributed by atoms with E-state index in [0.29, 0.717) is 24.2 Å². The lowest BCUT2D eigenvalue weighted by Crippen LogP contribution is -2.28. The summed E-state index contributed by atoms with van der Waals surface area (Å²) in [6.07, 6.45) is 4.61. The molecule has 3 heteroatoms. The molecule has 0 N–H and O–H groups in total.